The van der Waals surface area contributed by atoms with Crippen LogP contribution in [0, 0.1) is 0 Å². The number of hydrogen-bond acceptors (Lipinski definition) is 6. The van der Waals surface area contributed by atoms with Gasteiger partial charge in [-0.25, -0.2) is 18.5 Å². The van der Waals surface area contributed by atoms with Crippen molar-refractivity contribution in [2.75, 3.05) is 43.4 Å². The van der Waals surface area contributed by atoms with E-state index in [-0.39, 0.29) is 5.75 Å². The van der Waals surface area contributed by atoms with E-state index in [0.29, 0.717) is 6.42 Å². The second kappa shape index (κ2) is 5.96. The first-order chi connectivity index (χ1) is 8.54. The van der Waals surface area contributed by atoms with Crippen molar-refractivity contribution in [3.63, 3.8) is 0 Å². The molecule has 0 saturated carbocycles. The minimum atomic E-state index is -3.32. The Morgan fingerprint density at radius 2 is 2.06 bits per heavy atom. The van der Waals surface area contributed by atoms with Gasteiger partial charge in [0.05, 0.1) is 5.75 Å². The highest BCUT2D eigenvalue weighted by Gasteiger charge is 2.18. The highest BCUT2D eigenvalue weighted by molar-refractivity contribution is 7.89. The molecule has 18 heavy (non-hydrogen) atoms. The number of anilines is 1. The molecule has 0 spiro atoms. The van der Waals surface area contributed by atoms with Crippen molar-refractivity contribution in [3.05, 3.63) is 11.6 Å². The zero-order valence-electron chi connectivity index (χ0n) is 10.2. The minimum absolute atomic E-state index is 0.0691. The Balaban J connectivity index is 1.71. The third kappa shape index (κ3) is 4.20. The molecule has 0 atom stereocenters. The summed E-state index contributed by atoms with van der Waals surface area (Å²) >= 11 is 1.65. The van der Waals surface area contributed by atoms with Gasteiger partial charge in [-0.15, -0.1) is 11.3 Å². The van der Waals surface area contributed by atoms with E-state index in [1.165, 1.54) is 0 Å². The van der Waals surface area contributed by atoms with Gasteiger partial charge < -0.3 is 4.90 Å². The highest BCUT2D eigenvalue weighted by Crippen LogP contribution is 2.18. The SMILES string of the molecule is NS(=O)(=O)CCCN1CCN(c2nccs2)CC1. The first-order valence-electron chi connectivity index (χ1n) is 5.92. The van der Waals surface area contributed by atoms with Crippen LogP contribution in [-0.4, -0.2) is 56.8 Å². The number of hydrogen-bond donors (Lipinski definition) is 1. The van der Waals surface area contributed by atoms with Gasteiger partial charge >= 0.3 is 0 Å². The number of nitrogens with zero attached hydrogens (tertiary/aromatic N) is 3. The number of thiazole rings is 1. The largest absolute Gasteiger partial charge is 0.346 e. The maximum atomic E-state index is 10.8. The van der Waals surface area contributed by atoms with Gasteiger partial charge in [-0.3, -0.25) is 4.90 Å². The second-order valence-electron chi connectivity index (χ2n) is 4.36. The molecule has 1 saturated heterocycles. The number of aromatic nitrogens is 1. The molecule has 1 aliphatic heterocycles. The van der Waals surface area contributed by atoms with Gasteiger partial charge in [0.1, 0.15) is 0 Å². The summed E-state index contributed by atoms with van der Waals surface area (Å²) < 4.78 is 21.6. The monoisotopic (exact) mass is 290 g/mol. The summed E-state index contributed by atoms with van der Waals surface area (Å²) in [6.45, 7) is 4.59. The molecule has 0 radical (unpaired) electrons. The number of primary sulfonamides is 1. The van der Waals surface area contributed by atoms with Gasteiger partial charge in [-0.05, 0) is 13.0 Å². The van der Waals surface area contributed by atoms with Gasteiger partial charge in [0.15, 0.2) is 5.13 Å². The molecule has 6 nitrogen and oxygen atoms in total. The van der Waals surface area contributed by atoms with Crippen LogP contribution >= 0.6 is 11.3 Å². The summed E-state index contributed by atoms with van der Waals surface area (Å²) in [6, 6.07) is 0. The minimum Gasteiger partial charge on any atom is -0.346 e. The fourth-order valence-electron chi connectivity index (χ4n) is 2.02. The third-order valence-electron chi connectivity index (χ3n) is 2.97. The Bertz CT molecular complexity index is 452. The van der Waals surface area contributed by atoms with Crippen molar-refractivity contribution in [3.8, 4) is 0 Å². The Labute approximate surface area is 111 Å². The summed E-state index contributed by atoms with van der Waals surface area (Å²) in [5.74, 6) is 0.0691. The van der Waals surface area contributed by atoms with Crippen LogP contribution in [0.5, 0.6) is 0 Å². The fourth-order valence-corrected chi connectivity index (χ4v) is 3.25. The fraction of sp³-hybridized carbons (Fsp3) is 0.700. The van der Waals surface area contributed by atoms with E-state index in [1.807, 2.05) is 11.6 Å². The summed E-state index contributed by atoms with van der Waals surface area (Å²) in [5, 5.41) is 8.02. The lowest BCUT2D eigenvalue weighted by atomic mass is 10.3. The molecule has 0 bridgehead atoms. The lowest BCUT2D eigenvalue weighted by Crippen LogP contribution is -2.46. The molecule has 1 fully saturated rings. The Kier molecular flexibility index (Phi) is 4.55. The smallest absolute Gasteiger partial charge is 0.209 e. The van der Waals surface area contributed by atoms with Crippen molar-refractivity contribution >= 4 is 26.5 Å². The summed E-state index contributed by atoms with van der Waals surface area (Å²) in [4.78, 5) is 8.83. The van der Waals surface area contributed by atoms with Crippen molar-refractivity contribution in [2.24, 2.45) is 5.14 Å². The Morgan fingerprint density at radius 1 is 1.33 bits per heavy atom. The predicted molar refractivity (Wildman–Crippen MR) is 73.4 cm³/mol. The molecule has 0 aliphatic carbocycles. The molecule has 2 heterocycles. The molecule has 2 rings (SSSR count). The van der Waals surface area contributed by atoms with Gasteiger partial charge in [-0.2, -0.15) is 0 Å². The standard InChI is InChI=1S/C10H18N4O2S2/c11-18(15,16)9-1-3-13-4-6-14(7-5-13)10-12-2-8-17-10/h2,8H,1,3-7,9H2,(H2,11,15,16). The first-order valence-corrected chi connectivity index (χ1v) is 8.51. The molecule has 2 N–H and O–H groups in total. The van der Waals surface area contributed by atoms with Crippen LogP contribution in [-0.2, 0) is 10.0 Å². The van der Waals surface area contributed by atoms with Crippen LogP contribution in [0.3, 0.4) is 0 Å². The van der Waals surface area contributed by atoms with Crippen LogP contribution in [0.2, 0.25) is 0 Å². The Hall–Kier alpha value is -0.700. The average molecular weight is 290 g/mol. The van der Waals surface area contributed by atoms with Crippen molar-refractivity contribution in [1.82, 2.24) is 9.88 Å². The van der Waals surface area contributed by atoms with E-state index in [9.17, 15) is 8.42 Å². The Morgan fingerprint density at radius 3 is 2.61 bits per heavy atom. The molecular weight excluding hydrogens is 272 g/mol. The maximum absolute atomic E-state index is 10.8. The van der Waals surface area contributed by atoms with Gasteiger partial charge in [0.2, 0.25) is 10.0 Å². The molecule has 1 aliphatic rings. The van der Waals surface area contributed by atoms with Gasteiger partial charge in [0, 0.05) is 37.8 Å². The zero-order chi connectivity index (χ0) is 13.0. The topological polar surface area (TPSA) is 79.5 Å². The normalized spacial score (nSPS) is 18.2. The average Bonchev–Trinajstić information content (AvgIpc) is 2.82. The molecule has 8 heteroatoms. The van der Waals surface area contributed by atoms with E-state index in [4.69, 9.17) is 5.14 Å². The van der Waals surface area contributed by atoms with E-state index in [1.54, 1.807) is 11.3 Å². The summed E-state index contributed by atoms with van der Waals surface area (Å²) in [5.41, 5.74) is 0. The van der Waals surface area contributed by atoms with Gasteiger partial charge in [-0.1, -0.05) is 0 Å². The predicted octanol–water partition coefficient (Wildman–Crippen LogP) is -0.0563. The molecule has 0 amide bonds. The molecule has 1 aromatic rings. The highest BCUT2D eigenvalue weighted by atomic mass is 32.2. The molecule has 0 unspecified atom stereocenters. The van der Waals surface area contributed by atoms with Crippen LogP contribution in [0.25, 0.3) is 0 Å². The van der Waals surface area contributed by atoms with Crippen molar-refractivity contribution in [1.29, 1.82) is 0 Å². The van der Waals surface area contributed by atoms with Gasteiger partial charge in [0.25, 0.3) is 0 Å². The second-order valence-corrected chi connectivity index (χ2v) is 6.97. The number of rotatable bonds is 5. The van der Waals surface area contributed by atoms with Crippen LogP contribution < -0.4 is 10.0 Å². The van der Waals surface area contributed by atoms with Crippen molar-refractivity contribution < 1.29 is 8.42 Å². The number of nitrogens with two attached hydrogens (primary N) is 1. The summed E-state index contributed by atoms with van der Waals surface area (Å²) in [6.07, 6.45) is 2.43. The van der Waals surface area contributed by atoms with E-state index >= 15 is 0 Å². The molecule has 0 aromatic carbocycles. The first kappa shape index (κ1) is 13.7. The van der Waals surface area contributed by atoms with E-state index < -0.39 is 10.0 Å². The van der Waals surface area contributed by atoms with Crippen LogP contribution in [0.4, 0.5) is 5.13 Å². The molecule has 102 valence electrons. The number of piperazine rings is 1. The number of sulfonamides is 1. The van der Waals surface area contributed by atoms with Crippen molar-refractivity contribution in [2.45, 2.75) is 6.42 Å². The third-order valence-corrected chi connectivity index (χ3v) is 4.66. The van der Waals surface area contributed by atoms with E-state index in [0.717, 1.165) is 37.9 Å². The molecule has 1 aromatic heterocycles. The molecular formula is C10H18N4O2S2. The van der Waals surface area contributed by atoms with E-state index in [2.05, 4.69) is 14.8 Å². The maximum Gasteiger partial charge on any atom is 0.209 e. The zero-order valence-corrected chi connectivity index (χ0v) is 11.8. The van der Waals surface area contributed by atoms with Crippen LogP contribution in [0.1, 0.15) is 6.42 Å². The van der Waals surface area contributed by atoms with Crippen LogP contribution in [0.15, 0.2) is 11.6 Å². The summed E-state index contributed by atoms with van der Waals surface area (Å²) in [7, 11) is -3.32. The lowest BCUT2D eigenvalue weighted by molar-refractivity contribution is 0.258. The quantitative estimate of drug-likeness (QED) is 0.822. The lowest BCUT2D eigenvalue weighted by Gasteiger charge is -2.34.